The minimum Gasteiger partial charge on any atom is -0.494 e. The number of alkyl halides is 1. The molecule has 6 heteroatoms. The SMILES string of the molecule is ClCCCOc1ccc(-c2cnc(CSCCOc3ccccc3)o2)cc1. The summed E-state index contributed by atoms with van der Waals surface area (Å²) in [5.74, 6) is 5.41. The summed E-state index contributed by atoms with van der Waals surface area (Å²) in [6, 6.07) is 17.6. The van der Waals surface area contributed by atoms with Crippen LogP contribution in [0, 0.1) is 0 Å². The number of ether oxygens (including phenoxy) is 2. The van der Waals surface area contributed by atoms with Gasteiger partial charge < -0.3 is 13.9 Å². The van der Waals surface area contributed by atoms with Crippen LogP contribution >= 0.6 is 23.4 Å². The predicted molar refractivity (Wildman–Crippen MR) is 111 cm³/mol. The average molecular weight is 404 g/mol. The molecule has 142 valence electrons. The maximum Gasteiger partial charge on any atom is 0.204 e. The first-order valence-electron chi connectivity index (χ1n) is 8.84. The zero-order valence-corrected chi connectivity index (χ0v) is 16.5. The van der Waals surface area contributed by atoms with E-state index in [1.165, 1.54) is 0 Å². The average Bonchev–Trinajstić information content (AvgIpc) is 3.18. The molecule has 0 atom stereocenters. The number of hydrogen-bond donors (Lipinski definition) is 0. The minimum atomic E-state index is 0.606. The molecule has 0 saturated carbocycles. The second kappa shape index (κ2) is 10.9. The molecule has 0 unspecified atom stereocenters. The van der Waals surface area contributed by atoms with Gasteiger partial charge in [-0.05, 0) is 42.8 Å². The van der Waals surface area contributed by atoms with Crippen molar-refractivity contribution >= 4 is 23.4 Å². The van der Waals surface area contributed by atoms with Crippen LogP contribution in [0.4, 0.5) is 0 Å². The van der Waals surface area contributed by atoms with Gasteiger partial charge in [-0.1, -0.05) is 18.2 Å². The Morgan fingerprint density at radius 2 is 1.67 bits per heavy atom. The van der Waals surface area contributed by atoms with Gasteiger partial charge in [0.05, 0.1) is 25.2 Å². The summed E-state index contributed by atoms with van der Waals surface area (Å²) in [6.45, 7) is 1.29. The lowest BCUT2D eigenvalue weighted by molar-refractivity contribution is 0.318. The Morgan fingerprint density at radius 1 is 0.926 bits per heavy atom. The van der Waals surface area contributed by atoms with Gasteiger partial charge in [0, 0.05) is 17.2 Å². The number of halogens is 1. The van der Waals surface area contributed by atoms with E-state index >= 15 is 0 Å². The molecule has 3 rings (SSSR count). The van der Waals surface area contributed by atoms with Gasteiger partial charge >= 0.3 is 0 Å². The fourth-order valence-electron chi connectivity index (χ4n) is 2.37. The standard InChI is InChI=1S/C21H22ClNO3S/c22-11-4-12-24-19-9-7-17(8-10-19)20-15-23-21(26-20)16-27-14-13-25-18-5-2-1-3-6-18/h1-3,5-10,15H,4,11-14,16H2. The van der Waals surface area contributed by atoms with Gasteiger partial charge in [-0.2, -0.15) is 0 Å². The Balaban J connectivity index is 1.41. The van der Waals surface area contributed by atoms with Crippen molar-refractivity contribution in [2.75, 3.05) is 24.8 Å². The van der Waals surface area contributed by atoms with Crippen molar-refractivity contribution in [2.24, 2.45) is 0 Å². The topological polar surface area (TPSA) is 44.5 Å². The third-order valence-electron chi connectivity index (χ3n) is 3.70. The number of para-hydroxylation sites is 1. The molecule has 0 aliphatic carbocycles. The van der Waals surface area contributed by atoms with E-state index in [1.807, 2.05) is 54.6 Å². The molecular formula is C21H22ClNO3S. The van der Waals surface area contributed by atoms with E-state index in [0.717, 1.165) is 46.6 Å². The molecule has 1 heterocycles. The molecule has 0 fully saturated rings. The Hall–Kier alpha value is -2.11. The Kier molecular flexibility index (Phi) is 7.93. The minimum absolute atomic E-state index is 0.606. The van der Waals surface area contributed by atoms with Crippen molar-refractivity contribution in [3.8, 4) is 22.8 Å². The van der Waals surface area contributed by atoms with Gasteiger partial charge in [0.1, 0.15) is 11.5 Å². The molecule has 0 spiro atoms. The first-order valence-corrected chi connectivity index (χ1v) is 10.5. The molecule has 2 aromatic carbocycles. The van der Waals surface area contributed by atoms with Crippen molar-refractivity contribution in [1.29, 1.82) is 0 Å². The summed E-state index contributed by atoms with van der Waals surface area (Å²) in [4.78, 5) is 4.36. The molecule has 0 bridgehead atoms. The largest absolute Gasteiger partial charge is 0.494 e. The molecule has 0 radical (unpaired) electrons. The van der Waals surface area contributed by atoms with E-state index in [0.29, 0.717) is 19.1 Å². The number of nitrogens with zero attached hydrogens (tertiary/aromatic N) is 1. The summed E-state index contributed by atoms with van der Waals surface area (Å²) >= 11 is 7.38. The summed E-state index contributed by atoms with van der Waals surface area (Å²) in [6.07, 6.45) is 2.60. The Labute approximate surface area is 168 Å². The number of hydrogen-bond acceptors (Lipinski definition) is 5. The highest BCUT2D eigenvalue weighted by atomic mass is 35.5. The molecule has 0 aliphatic heterocycles. The van der Waals surface area contributed by atoms with Crippen molar-refractivity contribution in [1.82, 2.24) is 4.98 Å². The third kappa shape index (κ3) is 6.52. The molecule has 27 heavy (non-hydrogen) atoms. The van der Waals surface area contributed by atoms with Gasteiger partial charge in [-0.25, -0.2) is 4.98 Å². The first-order chi connectivity index (χ1) is 13.3. The number of aromatic nitrogens is 1. The molecule has 4 nitrogen and oxygen atoms in total. The third-order valence-corrected chi connectivity index (χ3v) is 4.88. The molecule has 3 aromatic rings. The van der Waals surface area contributed by atoms with Crippen LogP contribution in [0.5, 0.6) is 11.5 Å². The fourth-order valence-corrected chi connectivity index (χ4v) is 3.13. The van der Waals surface area contributed by atoms with Crippen LogP contribution < -0.4 is 9.47 Å². The zero-order chi connectivity index (χ0) is 18.7. The second-order valence-electron chi connectivity index (χ2n) is 5.75. The van der Waals surface area contributed by atoms with Crippen LogP contribution in [-0.2, 0) is 5.75 Å². The maximum atomic E-state index is 5.84. The number of oxazole rings is 1. The number of rotatable bonds is 11. The van der Waals surface area contributed by atoms with E-state index < -0.39 is 0 Å². The molecule has 0 aliphatic rings. The van der Waals surface area contributed by atoms with Crippen LogP contribution in [-0.4, -0.2) is 29.8 Å². The van der Waals surface area contributed by atoms with E-state index in [1.54, 1.807) is 18.0 Å². The smallest absolute Gasteiger partial charge is 0.204 e. The van der Waals surface area contributed by atoms with Gasteiger partial charge in [0.15, 0.2) is 5.76 Å². The lowest BCUT2D eigenvalue weighted by atomic mass is 10.2. The van der Waals surface area contributed by atoms with Crippen molar-refractivity contribution < 1.29 is 13.9 Å². The lowest BCUT2D eigenvalue weighted by Crippen LogP contribution is -2.00. The first kappa shape index (κ1) is 19.6. The van der Waals surface area contributed by atoms with Gasteiger partial charge in [-0.15, -0.1) is 23.4 Å². The summed E-state index contributed by atoms with van der Waals surface area (Å²) in [5, 5.41) is 0. The van der Waals surface area contributed by atoms with E-state index in [-0.39, 0.29) is 0 Å². The van der Waals surface area contributed by atoms with Crippen molar-refractivity contribution in [3.63, 3.8) is 0 Å². The molecule has 0 N–H and O–H groups in total. The Bertz CT molecular complexity index is 793. The molecule has 0 saturated heterocycles. The van der Waals surface area contributed by atoms with Crippen LogP contribution in [0.25, 0.3) is 11.3 Å². The molecular weight excluding hydrogens is 382 g/mol. The highest BCUT2D eigenvalue weighted by Crippen LogP contribution is 2.24. The van der Waals surface area contributed by atoms with Crippen molar-refractivity contribution in [3.05, 3.63) is 66.7 Å². The van der Waals surface area contributed by atoms with Crippen LogP contribution in [0.1, 0.15) is 12.3 Å². The van der Waals surface area contributed by atoms with E-state index in [4.69, 9.17) is 25.5 Å². The van der Waals surface area contributed by atoms with Gasteiger partial charge in [0.25, 0.3) is 0 Å². The molecule has 1 aromatic heterocycles. The number of benzene rings is 2. The van der Waals surface area contributed by atoms with Crippen LogP contribution in [0.15, 0.2) is 65.2 Å². The highest BCUT2D eigenvalue weighted by Gasteiger charge is 2.07. The van der Waals surface area contributed by atoms with Crippen LogP contribution in [0.3, 0.4) is 0 Å². The van der Waals surface area contributed by atoms with Gasteiger partial charge in [0.2, 0.25) is 5.89 Å². The lowest BCUT2D eigenvalue weighted by Gasteiger charge is -2.05. The normalized spacial score (nSPS) is 10.7. The van der Waals surface area contributed by atoms with Crippen LogP contribution in [0.2, 0.25) is 0 Å². The monoisotopic (exact) mass is 403 g/mol. The number of thioether (sulfide) groups is 1. The predicted octanol–water partition coefficient (Wildman–Crippen LogP) is 5.66. The fraction of sp³-hybridized carbons (Fsp3) is 0.286. The maximum absolute atomic E-state index is 5.84. The van der Waals surface area contributed by atoms with Gasteiger partial charge in [-0.3, -0.25) is 0 Å². The quantitative estimate of drug-likeness (QED) is 0.305. The summed E-state index contributed by atoms with van der Waals surface area (Å²) in [7, 11) is 0. The summed E-state index contributed by atoms with van der Waals surface area (Å²) in [5.41, 5.74) is 0.982. The zero-order valence-electron chi connectivity index (χ0n) is 15.0. The summed E-state index contributed by atoms with van der Waals surface area (Å²) < 4.78 is 17.1. The Morgan fingerprint density at radius 3 is 2.44 bits per heavy atom. The highest BCUT2D eigenvalue weighted by molar-refractivity contribution is 7.98. The van der Waals surface area contributed by atoms with Crippen molar-refractivity contribution in [2.45, 2.75) is 12.2 Å². The molecule has 0 amide bonds. The van der Waals surface area contributed by atoms with E-state index in [9.17, 15) is 0 Å². The van der Waals surface area contributed by atoms with E-state index in [2.05, 4.69) is 4.98 Å². The second-order valence-corrected chi connectivity index (χ2v) is 7.23.